The second kappa shape index (κ2) is 7.68. The Morgan fingerprint density at radius 1 is 1.26 bits per heavy atom. The highest BCUT2D eigenvalue weighted by atomic mass is 16.6. The van der Waals surface area contributed by atoms with E-state index in [1.807, 2.05) is 0 Å². The van der Waals surface area contributed by atoms with Crippen molar-refractivity contribution in [2.24, 2.45) is 5.73 Å². The number of hydrogen-bond acceptors (Lipinski definition) is 7. The van der Waals surface area contributed by atoms with Gasteiger partial charge in [-0.25, -0.2) is 9.59 Å². The molecule has 10 heteroatoms. The molecule has 1 aliphatic heterocycles. The van der Waals surface area contributed by atoms with Gasteiger partial charge in [-0.1, -0.05) is 12.1 Å². The van der Waals surface area contributed by atoms with Gasteiger partial charge in [-0.15, -0.1) is 0 Å². The van der Waals surface area contributed by atoms with Crippen molar-refractivity contribution in [3.05, 3.63) is 62.5 Å². The van der Waals surface area contributed by atoms with E-state index in [0.717, 1.165) is 0 Å². The van der Waals surface area contributed by atoms with Crippen molar-refractivity contribution in [2.75, 3.05) is 6.61 Å². The lowest BCUT2D eigenvalue weighted by Gasteiger charge is -2.29. The molecular formula is C17H17N3O7. The Balaban J connectivity index is 2.62. The van der Waals surface area contributed by atoms with E-state index in [-0.39, 0.29) is 28.1 Å². The number of nitrogens with two attached hydrogens (primary N) is 1. The summed E-state index contributed by atoms with van der Waals surface area (Å²) < 4.78 is 4.85. The van der Waals surface area contributed by atoms with E-state index in [2.05, 4.69) is 5.32 Å². The second-order valence-electron chi connectivity index (χ2n) is 5.84. The van der Waals surface area contributed by atoms with Gasteiger partial charge in [0.15, 0.2) is 6.61 Å². The number of carbonyl (C=O) groups is 3. The van der Waals surface area contributed by atoms with Crippen LogP contribution in [0.25, 0.3) is 0 Å². The fourth-order valence-electron chi connectivity index (χ4n) is 2.91. The third-order valence-electron chi connectivity index (χ3n) is 3.97. The number of hydrogen-bond donors (Lipinski definition) is 3. The number of rotatable bonds is 6. The first kappa shape index (κ1) is 19.6. The summed E-state index contributed by atoms with van der Waals surface area (Å²) >= 11 is 0. The van der Waals surface area contributed by atoms with Crippen molar-refractivity contribution < 1.29 is 29.2 Å². The molecule has 2 rings (SSSR count). The zero-order valence-corrected chi connectivity index (χ0v) is 14.5. The van der Waals surface area contributed by atoms with Gasteiger partial charge in [0.25, 0.3) is 11.6 Å². The van der Waals surface area contributed by atoms with Gasteiger partial charge in [0.1, 0.15) is 0 Å². The lowest BCUT2D eigenvalue weighted by molar-refractivity contribution is -0.384. The third kappa shape index (κ3) is 4.11. The number of nitro benzene ring substituents is 1. The van der Waals surface area contributed by atoms with Gasteiger partial charge in [-0.3, -0.25) is 14.9 Å². The normalized spacial score (nSPS) is 16.6. The number of non-ortho nitro benzene ring substituents is 1. The van der Waals surface area contributed by atoms with Gasteiger partial charge in [0.05, 0.1) is 22.0 Å². The summed E-state index contributed by atoms with van der Waals surface area (Å²) in [6.45, 7) is 2.37. The molecule has 0 fully saturated rings. The number of carboxylic acid groups (broad SMARTS) is 1. The molecule has 1 atom stereocenters. The molecule has 1 heterocycles. The van der Waals surface area contributed by atoms with Crippen LogP contribution < -0.4 is 11.1 Å². The number of nitrogens with zero attached hydrogens (tertiary/aromatic N) is 1. The van der Waals surface area contributed by atoms with E-state index in [9.17, 15) is 29.6 Å². The Bertz CT molecular complexity index is 902. The molecule has 1 aromatic carbocycles. The maximum atomic E-state index is 12.5. The summed E-state index contributed by atoms with van der Waals surface area (Å²) in [6.07, 6.45) is 0. The van der Waals surface area contributed by atoms with Crippen LogP contribution in [0.15, 0.2) is 46.8 Å². The highest BCUT2D eigenvalue weighted by Crippen LogP contribution is 2.39. The van der Waals surface area contributed by atoms with Crippen LogP contribution in [0.5, 0.6) is 0 Å². The van der Waals surface area contributed by atoms with E-state index in [0.29, 0.717) is 5.70 Å². The average Bonchev–Trinajstić information content (AvgIpc) is 2.58. The second-order valence-corrected chi connectivity index (χ2v) is 5.84. The van der Waals surface area contributed by atoms with Crippen molar-refractivity contribution in [1.82, 2.24) is 5.32 Å². The van der Waals surface area contributed by atoms with E-state index in [4.69, 9.17) is 10.5 Å². The smallest absolute Gasteiger partial charge is 0.337 e. The summed E-state index contributed by atoms with van der Waals surface area (Å²) in [7, 11) is 0. The molecule has 10 nitrogen and oxygen atoms in total. The van der Waals surface area contributed by atoms with Crippen LogP contribution in [0.1, 0.15) is 25.3 Å². The van der Waals surface area contributed by atoms with Crippen LogP contribution in [0.4, 0.5) is 5.69 Å². The van der Waals surface area contributed by atoms with Crippen LogP contribution in [0.2, 0.25) is 0 Å². The Kier molecular flexibility index (Phi) is 5.59. The minimum Gasteiger partial charge on any atom is -0.478 e. The number of primary amides is 1. The minimum atomic E-state index is -1.30. The van der Waals surface area contributed by atoms with E-state index in [1.165, 1.54) is 38.1 Å². The molecule has 0 saturated heterocycles. The summed E-state index contributed by atoms with van der Waals surface area (Å²) in [5, 5.41) is 23.5. The average molecular weight is 375 g/mol. The molecule has 1 aliphatic rings. The van der Waals surface area contributed by atoms with E-state index < -0.39 is 35.3 Å². The number of allylic oxidation sites excluding steroid dienone is 2. The molecule has 1 amide bonds. The van der Waals surface area contributed by atoms with Crippen LogP contribution in [0.3, 0.4) is 0 Å². The van der Waals surface area contributed by atoms with Gasteiger partial charge in [0.2, 0.25) is 0 Å². The Morgan fingerprint density at radius 3 is 2.44 bits per heavy atom. The van der Waals surface area contributed by atoms with Crippen LogP contribution in [0, 0.1) is 10.1 Å². The molecule has 0 bridgehead atoms. The first-order valence-electron chi connectivity index (χ1n) is 7.75. The molecule has 0 aromatic heterocycles. The zero-order valence-electron chi connectivity index (χ0n) is 14.5. The van der Waals surface area contributed by atoms with E-state index in [1.54, 1.807) is 0 Å². The van der Waals surface area contributed by atoms with Crippen molar-refractivity contribution in [3.8, 4) is 0 Å². The lowest BCUT2D eigenvalue weighted by atomic mass is 9.80. The lowest BCUT2D eigenvalue weighted by Crippen LogP contribution is -2.33. The number of dihydropyridines is 1. The van der Waals surface area contributed by atoms with Gasteiger partial charge >= 0.3 is 11.9 Å². The van der Waals surface area contributed by atoms with Crippen LogP contribution in [-0.2, 0) is 19.1 Å². The van der Waals surface area contributed by atoms with E-state index >= 15 is 0 Å². The number of esters is 1. The van der Waals surface area contributed by atoms with Crippen LogP contribution >= 0.6 is 0 Å². The molecule has 27 heavy (non-hydrogen) atoms. The van der Waals surface area contributed by atoms with Gasteiger partial charge in [-0.2, -0.15) is 0 Å². The largest absolute Gasteiger partial charge is 0.478 e. The number of benzene rings is 1. The maximum absolute atomic E-state index is 12.5. The quantitative estimate of drug-likeness (QED) is 0.376. The predicted octanol–water partition coefficient (Wildman–Crippen LogP) is 0.943. The SMILES string of the molecule is CC1=C(C(=O)O)[C@@H](c2cccc([N+](=O)[O-])c2)C(C(=O)OCC(N)=O)=C(C)N1. The highest BCUT2D eigenvalue weighted by molar-refractivity contribution is 5.99. The number of ether oxygens (including phenoxy) is 1. The number of nitro groups is 1. The van der Waals surface area contributed by atoms with Gasteiger partial charge < -0.3 is 20.9 Å². The molecule has 0 unspecified atom stereocenters. The Morgan fingerprint density at radius 2 is 1.89 bits per heavy atom. The van der Waals surface area contributed by atoms with Crippen LogP contribution in [-0.4, -0.2) is 34.5 Å². The van der Waals surface area contributed by atoms with Crippen molar-refractivity contribution in [3.63, 3.8) is 0 Å². The third-order valence-corrected chi connectivity index (χ3v) is 3.97. The molecule has 0 spiro atoms. The molecule has 4 N–H and O–H groups in total. The topological polar surface area (TPSA) is 162 Å². The number of nitrogens with one attached hydrogen (secondary N) is 1. The number of carbonyl (C=O) groups excluding carboxylic acids is 2. The number of carboxylic acids is 1. The molecule has 142 valence electrons. The predicted molar refractivity (Wildman–Crippen MR) is 92.2 cm³/mol. The summed E-state index contributed by atoms with van der Waals surface area (Å²) in [5.41, 5.74) is 5.31. The minimum absolute atomic E-state index is 0.0697. The summed E-state index contributed by atoms with van der Waals surface area (Å²) in [4.78, 5) is 45.7. The molecule has 0 saturated carbocycles. The first-order chi connectivity index (χ1) is 12.6. The monoisotopic (exact) mass is 375 g/mol. The first-order valence-corrected chi connectivity index (χ1v) is 7.75. The van der Waals surface area contributed by atoms with Gasteiger partial charge in [0, 0.05) is 23.5 Å². The summed E-state index contributed by atoms with van der Waals surface area (Å²) in [5.74, 6) is -4.24. The van der Waals surface area contributed by atoms with Crippen molar-refractivity contribution >= 4 is 23.5 Å². The molecule has 0 aliphatic carbocycles. The number of amides is 1. The Labute approximate surface area is 153 Å². The summed E-state index contributed by atoms with van der Waals surface area (Å²) in [6, 6.07) is 5.32. The molecule has 1 aromatic rings. The fourth-order valence-corrected chi connectivity index (χ4v) is 2.91. The van der Waals surface area contributed by atoms with Crippen molar-refractivity contribution in [1.29, 1.82) is 0 Å². The highest BCUT2D eigenvalue weighted by Gasteiger charge is 2.37. The molecule has 0 radical (unpaired) electrons. The fraction of sp³-hybridized carbons (Fsp3) is 0.235. The van der Waals surface area contributed by atoms with Crippen molar-refractivity contribution in [2.45, 2.75) is 19.8 Å². The van der Waals surface area contributed by atoms with Gasteiger partial charge in [-0.05, 0) is 19.4 Å². The number of aliphatic carboxylic acids is 1. The maximum Gasteiger partial charge on any atom is 0.337 e. The molecular weight excluding hydrogens is 358 g/mol. The zero-order chi connectivity index (χ0) is 20.3. The Hall–Kier alpha value is -3.69. The standard InChI is InChI=1S/C17H17N3O7/c1-8-13(16(22)23)15(10-4-3-5-11(6-10)20(25)26)14(9(2)19-8)17(24)27-7-12(18)21/h3-6,15,19H,7H2,1-2H3,(H2,18,21)(H,22,23)/t15-/m1/s1.